The Kier molecular flexibility index (Phi) is 7.01. The van der Waals surface area contributed by atoms with Crippen molar-refractivity contribution in [2.45, 2.75) is 19.5 Å². The SMILES string of the molecule is COc1cc(CNCC(c2ccc(C)o2)N2CCOCC2)cc(Cl)c1OC. The van der Waals surface area contributed by atoms with Crippen LogP contribution in [0.5, 0.6) is 11.5 Å². The van der Waals surface area contributed by atoms with Crippen LogP contribution in [0.2, 0.25) is 5.02 Å². The van der Waals surface area contributed by atoms with Crippen molar-refractivity contribution in [2.75, 3.05) is 47.1 Å². The van der Waals surface area contributed by atoms with Gasteiger partial charge in [0.25, 0.3) is 0 Å². The summed E-state index contributed by atoms with van der Waals surface area (Å²) in [6.07, 6.45) is 0. The van der Waals surface area contributed by atoms with Gasteiger partial charge >= 0.3 is 0 Å². The summed E-state index contributed by atoms with van der Waals surface area (Å²) < 4.78 is 22.1. The first-order valence-corrected chi connectivity index (χ1v) is 9.49. The molecule has 0 radical (unpaired) electrons. The van der Waals surface area contributed by atoms with Crippen molar-refractivity contribution < 1.29 is 18.6 Å². The molecule has 0 bridgehead atoms. The summed E-state index contributed by atoms with van der Waals surface area (Å²) in [5, 5.41) is 4.07. The number of hydrogen-bond acceptors (Lipinski definition) is 6. The molecule has 1 unspecified atom stereocenters. The lowest BCUT2D eigenvalue weighted by Gasteiger charge is -2.33. The Balaban J connectivity index is 1.68. The Morgan fingerprint density at radius 1 is 1.19 bits per heavy atom. The van der Waals surface area contributed by atoms with Gasteiger partial charge < -0.3 is 23.9 Å². The number of methoxy groups -OCH3 is 2. The molecule has 6 nitrogen and oxygen atoms in total. The van der Waals surface area contributed by atoms with E-state index in [0.29, 0.717) is 23.1 Å². The molecule has 2 heterocycles. The van der Waals surface area contributed by atoms with Crippen LogP contribution in [-0.4, -0.2) is 52.0 Å². The number of halogens is 1. The van der Waals surface area contributed by atoms with Gasteiger partial charge in [0, 0.05) is 26.2 Å². The molecule has 1 aromatic carbocycles. The fourth-order valence-corrected chi connectivity index (χ4v) is 3.67. The zero-order valence-corrected chi connectivity index (χ0v) is 16.8. The predicted molar refractivity (Wildman–Crippen MR) is 105 cm³/mol. The number of benzene rings is 1. The van der Waals surface area contributed by atoms with Gasteiger partial charge in [-0.1, -0.05) is 11.6 Å². The molecule has 0 aliphatic carbocycles. The van der Waals surface area contributed by atoms with Crippen molar-refractivity contribution in [1.82, 2.24) is 10.2 Å². The Bertz CT molecular complexity index is 744. The van der Waals surface area contributed by atoms with E-state index in [9.17, 15) is 0 Å². The summed E-state index contributed by atoms with van der Waals surface area (Å²) in [5.41, 5.74) is 1.04. The lowest BCUT2D eigenvalue weighted by Crippen LogP contribution is -2.42. The topological polar surface area (TPSA) is 56.1 Å². The van der Waals surface area contributed by atoms with E-state index in [-0.39, 0.29) is 6.04 Å². The van der Waals surface area contributed by atoms with Gasteiger partial charge in [-0.3, -0.25) is 4.90 Å². The van der Waals surface area contributed by atoms with Crippen molar-refractivity contribution in [2.24, 2.45) is 0 Å². The third kappa shape index (κ3) is 4.96. The third-order valence-corrected chi connectivity index (χ3v) is 5.02. The number of furan rings is 1. The second-order valence-corrected chi connectivity index (χ2v) is 6.96. The van der Waals surface area contributed by atoms with Crippen LogP contribution in [0.15, 0.2) is 28.7 Å². The van der Waals surface area contributed by atoms with E-state index in [1.54, 1.807) is 14.2 Å². The van der Waals surface area contributed by atoms with E-state index in [4.69, 9.17) is 30.2 Å². The molecule has 2 aromatic rings. The highest BCUT2D eigenvalue weighted by Gasteiger charge is 2.25. The number of nitrogens with zero attached hydrogens (tertiary/aromatic N) is 1. The molecule has 1 aromatic heterocycles. The van der Waals surface area contributed by atoms with Crippen LogP contribution in [0, 0.1) is 6.92 Å². The van der Waals surface area contributed by atoms with Crippen LogP contribution in [-0.2, 0) is 11.3 Å². The predicted octanol–water partition coefficient (Wildman–Crippen LogP) is 3.42. The van der Waals surface area contributed by atoms with E-state index in [1.807, 2.05) is 25.1 Å². The standard InChI is InChI=1S/C20H27ClN2O4/c1-14-4-5-18(27-14)17(23-6-8-26-9-7-23)13-22-12-15-10-16(21)20(25-3)19(11-15)24-2/h4-5,10-11,17,22H,6-9,12-13H2,1-3H3. The van der Waals surface area contributed by atoms with Crippen LogP contribution in [0.1, 0.15) is 23.1 Å². The van der Waals surface area contributed by atoms with Gasteiger partial charge in [0.2, 0.25) is 0 Å². The van der Waals surface area contributed by atoms with E-state index in [0.717, 1.165) is 49.9 Å². The Morgan fingerprint density at radius 3 is 2.59 bits per heavy atom. The van der Waals surface area contributed by atoms with Crippen molar-refractivity contribution >= 4 is 11.6 Å². The molecule has 1 fully saturated rings. The number of rotatable bonds is 8. The molecular formula is C20H27ClN2O4. The lowest BCUT2D eigenvalue weighted by atomic mass is 10.1. The molecule has 1 saturated heterocycles. The highest BCUT2D eigenvalue weighted by atomic mass is 35.5. The number of aryl methyl sites for hydroxylation is 1. The second-order valence-electron chi connectivity index (χ2n) is 6.56. The van der Waals surface area contributed by atoms with E-state index in [1.165, 1.54) is 0 Å². The fraction of sp³-hybridized carbons (Fsp3) is 0.500. The smallest absolute Gasteiger partial charge is 0.179 e. The summed E-state index contributed by atoms with van der Waals surface area (Å²) >= 11 is 6.31. The normalized spacial score (nSPS) is 16.3. The quantitative estimate of drug-likeness (QED) is 0.740. The monoisotopic (exact) mass is 394 g/mol. The molecule has 1 aliphatic heterocycles. The van der Waals surface area contributed by atoms with Crippen molar-refractivity contribution in [1.29, 1.82) is 0 Å². The molecular weight excluding hydrogens is 368 g/mol. The Labute approximate surface area is 165 Å². The number of ether oxygens (including phenoxy) is 3. The van der Waals surface area contributed by atoms with Gasteiger partial charge in [-0.25, -0.2) is 0 Å². The summed E-state index contributed by atoms with van der Waals surface area (Å²) in [4.78, 5) is 2.40. The Morgan fingerprint density at radius 2 is 1.96 bits per heavy atom. The minimum atomic E-state index is 0.165. The van der Waals surface area contributed by atoms with Gasteiger partial charge in [-0.2, -0.15) is 0 Å². The number of nitrogens with one attached hydrogen (secondary N) is 1. The summed E-state index contributed by atoms with van der Waals surface area (Å²) in [6, 6.07) is 8.08. The van der Waals surface area contributed by atoms with Crippen LogP contribution in [0.25, 0.3) is 0 Å². The largest absolute Gasteiger partial charge is 0.493 e. The molecule has 0 spiro atoms. The highest BCUT2D eigenvalue weighted by Crippen LogP contribution is 2.36. The first kappa shape index (κ1) is 20.0. The van der Waals surface area contributed by atoms with Gasteiger partial charge in [-0.05, 0) is 36.8 Å². The van der Waals surface area contributed by atoms with Crippen LogP contribution >= 0.6 is 11.6 Å². The van der Waals surface area contributed by atoms with Crippen molar-refractivity contribution in [3.63, 3.8) is 0 Å². The number of morpholine rings is 1. The second kappa shape index (κ2) is 9.46. The fourth-order valence-electron chi connectivity index (χ4n) is 3.36. The molecule has 1 atom stereocenters. The lowest BCUT2D eigenvalue weighted by molar-refractivity contribution is 0.0115. The van der Waals surface area contributed by atoms with Gasteiger partial charge in [0.1, 0.15) is 11.5 Å². The molecule has 3 rings (SSSR count). The summed E-state index contributed by atoms with van der Waals surface area (Å²) in [7, 11) is 3.19. The van der Waals surface area contributed by atoms with Gasteiger partial charge in [-0.15, -0.1) is 0 Å². The molecule has 1 N–H and O–H groups in total. The van der Waals surface area contributed by atoms with Crippen molar-refractivity contribution in [3.8, 4) is 11.5 Å². The maximum atomic E-state index is 6.31. The zero-order chi connectivity index (χ0) is 19.2. The summed E-state index contributed by atoms with van der Waals surface area (Å²) in [5.74, 6) is 3.09. The molecule has 7 heteroatoms. The summed E-state index contributed by atoms with van der Waals surface area (Å²) in [6.45, 7) is 6.70. The third-order valence-electron chi connectivity index (χ3n) is 4.74. The molecule has 27 heavy (non-hydrogen) atoms. The molecule has 0 saturated carbocycles. The number of hydrogen-bond donors (Lipinski definition) is 1. The maximum Gasteiger partial charge on any atom is 0.179 e. The van der Waals surface area contributed by atoms with Crippen LogP contribution < -0.4 is 14.8 Å². The zero-order valence-electron chi connectivity index (χ0n) is 16.1. The minimum Gasteiger partial charge on any atom is -0.493 e. The molecule has 148 valence electrons. The first-order chi connectivity index (χ1) is 13.1. The van der Waals surface area contributed by atoms with E-state index in [2.05, 4.69) is 16.3 Å². The Hall–Kier alpha value is -1.73. The first-order valence-electron chi connectivity index (χ1n) is 9.11. The highest BCUT2D eigenvalue weighted by molar-refractivity contribution is 6.32. The molecule has 0 amide bonds. The molecule has 1 aliphatic rings. The minimum absolute atomic E-state index is 0.165. The van der Waals surface area contributed by atoms with E-state index >= 15 is 0 Å². The van der Waals surface area contributed by atoms with E-state index < -0.39 is 0 Å². The van der Waals surface area contributed by atoms with Crippen LogP contribution in [0.3, 0.4) is 0 Å². The maximum absolute atomic E-state index is 6.31. The van der Waals surface area contributed by atoms with Gasteiger partial charge in [0.05, 0.1) is 38.5 Å². The van der Waals surface area contributed by atoms with Gasteiger partial charge in [0.15, 0.2) is 11.5 Å². The van der Waals surface area contributed by atoms with Crippen LogP contribution in [0.4, 0.5) is 0 Å². The average Bonchev–Trinajstić information content (AvgIpc) is 3.11. The average molecular weight is 395 g/mol. The van der Waals surface area contributed by atoms with Crippen molar-refractivity contribution in [3.05, 3.63) is 46.4 Å².